The van der Waals surface area contributed by atoms with E-state index in [1.807, 2.05) is 34.9 Å². The van der Waals surface area contributed by atoms with Gasteiger partial charge in [0.25, 0.3) is 0 Å². The summed E-state index contributed by atoms with van der Waals surface area (Å²) >= 11 is 7.95. The second kappa shape index (κ2) is 7.86. The van der Waals surface area contributed by atoms with Crippen molar-refractivity contribution in [1.29, 1.82) is 0 Å². The normalized spacial score (nSPS) is 11.1. The van der Waals surface area contributed by atoms with E-state index in [1.165, 1.54) is 16.7 Å². The number of aromatic nitrogens is 3. The van der Waals surface area contributed by atoms with Crippen LogP contribution in [0.4, 0.5) is 0 Å². The highest BCUT2D eigenvalue weighted by molar-refractivity contribution is 7.98. The van der Waals surface area contributed by atoms with Crippen LogP contribution in [-0.4, -0.2) is 14.8 Å². The Morgan fingerprint density at radius 3 is 2.61 bits per heavy atom. The first-order chi connectivity index (χ1) is 13.5. The van der Waals surface area contributed by atoms with E-state index in [2.05, 4.69) is 49.2 Å². The molecule has 0 aliphatic heterocycles. The average Bonchev–Trinajstić information content (AvgIpc) is 3.34. The van der Waals surface area contributed by atoms with E-state index in [0.717, 1.165) is 22.2 Å². The molecule has 142 valence electrons. The smallest absolute Gasteiger partial charge is 0.205 e. The van der Waals surface area contributed by atoms with Gasteiger partial charge in [-0.05, 0) is 61.7 Å². The predicted octanol–water partition coefficient (Wildman–Crippen LogP) is 6.40. The summed E-state index contributed by atoms with van der Waals surface area (Å²) in [5, 5.41) is 10.3. The Kier molecular flexibility index (Phi) is 5.29. The summed E-state index contributed by atoms with van der Waals surface area (Å²) in [6.07, 6.45) is 1.64. The summed E-state index contributed by atoms with van der Waals surface area (Å²) in [6, 6.07) is 16.1. The Morgan fingerprint density at radius 2 is 1.82 bits per heavy atom. The average molecular weight is 410 g/mol. The van der Waals surface area contributed by atoms with Crippen molar-refractivity contribution in [3.8, 4) is 17.3 Å². The highest BCUT2D eigenvalue weighted by atomic mass is 35.5. The van der Waals surface area contributed by atoms with Gasteiger partial charge in [-0.15, -0.1) is 10.2 Å². The minimum absolute atomic E-state index is 0.666. The van der Waals surface area contributed by atoms with Crippen LogP contribution in [-0.2, 0) is 5.75 Å². The number of benzene rings is 2. The highest BCUT2D eigenvalue weighted by Gasteiger charge is 2.20. The molecule has 0 saturated heterocycles. The molecule has 0 spiro atoms. The number of halogens is 1. The van der Waals surface area contributed by atoms with Crippen LogP contribution >= 0.6 is 23.4 Å². The standard InChI is InChI=1S/C22H20ClN3OS/c1-14-6-7-15(2)17(11-14)13-28-22-25-24-21(20-5-4-10-27-20)26(22)19-12-18(23)9-8-16(19)3/h4-12H,13H2,1-3H3. The van der Waals surface area contributed by atoms with Crippen LogP contribution in [0, 0.1) is 20.8 Å². The predicted molar refractivity (Wildman–Crippen MR) is 114 cm³/mol. The monoisotopic (exact) mass is 409 g/mol. The first kappa shape index (κ1) is 18.8. The van der Waals surface area contributed by atoms with E-state index in [0.29, 0.717) is 16.6 Å². The molecule has 0 saturated carbocycles. The van der Waals surface area contributed by atoms with E-state index in [-0.39, 0.29) is 0 Å². The Hall–Kier alpha value is -2.50. The van der Waals surface area contributed by atoms with E-state index in [1.54, 1.807) is 18.0 Å². The number of hydrogen-bond acceptors (Lipinski definition) is 4. The summed E-state index contributed by atoms with van der Waals surface area (Å²) < 4.78 is 7.62. The molecular weight excluding hydrogens is 390 g/mol. The van der Waals surface area contributed by atoms with Gasteiger partial charge in [0, 0.05) is 10.8 Å². The van der Waals surface area contributed by atoms with Crippen LogP contribution in [0.3, 0.4) is 0 Å². The molecule has 4 nitrogen and oxygen atoms in total. The largest absolute Gasteiger partial charge is 0.461 e. The summed E-state index contributed by atoms with van der Waals surface area (Å²) in [5.74, 6) is 2.15. The van der Waals surface area contributed by atoms with E-state index >= 15 is 0 Å². The van der Waals surface area contributed by atoms with Gasteiger partial charge in [0.15, 0.2) is 10.9 Å². The van der Waals surface area contributed by atoms with Crippen LogP contribution in [0.5, 0.6) is 0 Å². The van der Waals surface area contributed by atoms with Crippen molar-refractivity contribution in [1.82, 2.24) is 14.8 Å². The maximum Gasteiger partial charge on any atom is 0.205 e. The molecule has 0 atom stereocenters. The van der Waals surface area contributed by atoms with Gasteiger partial charge in [-0.2, -0.15) is 0 Å². The zero-order chi connectivity index (χ0) is 19.7. The fraction of sp³-hybridized carbons (Fsp3) is 0.182. The van der Waals surface area contributed by atoms with Gasteiger partial charge in [-0.3, -0.25) is 4.57 Å². The minimum atomic E-state index is 0.666. The Bertz CT molecular complexity index is 1120. The molecule has 4 rings (SSSR count). The lowest BCUT2D eigenvalue weighted by molar-refractivity contribution is 0.575. The fourth-order valence-electron chi connectivity index (χ4n) is 3.07. The van der Waals surface area contributed by atoms with Crippen molar-refractivity contribution in [2.45, 2.75) is 31.7 Å². The van der Waals surface area contributed by atoms with Gasteiger partial charge in [-0.25, -0.2) is 0 Å². The molecule has 0 aliphatic carbocycles. The molecule has 0 N–H and O–H groups in total. The lowest BCUT2D eigenvalue weighted by Gasteiger charge is -2.13. The summed E-state index contributed by atoms with van der Waals surface area (Å²) in [7, 11) is 0. The van der Waals surface area contributed by atoms with Crippen LogP contribution in [0.1, 0.15) is 22.3 Å². The minimum Gasteiger partial charge on any atom is -0.461 e. The molecule has 0 fully saturated rings. The van der Waals surface area contributed by atoms with E-state index < -0.39 is 0 Å². The van der Waals surface area contributed by atoms with Crippen molar-refractivity contribution in [3.63, 3.8) is 0 Å². The van der Waals surface area contributed by atoms with Gasteiger partial charge in [-0.1, -0.05) is 53.2 Å². The van der Waals surface area contributed by atoms with Gasteiger partial charge in [0.2, 0.25) is 5.82 Å². The lowest BCUT2D eigenvalue weighted by Crippen LogP contribution is -2.02. The van der Waals surface area contributed by atoms with Crippen molar-refractivity contribution >= 4 is 23.4 Å². The molecule has 2 aromatic heterocycles. The van der Waals surface area contributed by atoms with E-state index in [4.69, 9.17) is 16.0 Å². The van der Waals surface area contributed by atoms with Crippen LogP contribution in [0.25, 0.3) is 17.3 Å². The summed E-state index contributed by atoms with van der Waals surface area (Å²) in [5.41, 5.74) is 5.86. The third kappa shape index (κ3) is 3.73. The highest BCUT2D eigenvalue weighted by Crippen LogP contribution is 2.32. The van der Waals surface area contributed by atoms with Crippen LogP contribution in [0.2, 0.25) is 5.02 Å². The second-order valence-electron chi connectivity index (χ2n) is 6.77. The number of hydrogen-bond donors (Lipinski definition) is 0. The van der Waals surface area contributed by atoms with Crippen molar-refractivity contribution in [2.24, 2.45) is 0 Å². The number of rotatable bonds is 5. The Morgan fingerprint density at radius 1 is 1.00 bits per heavy atom. The quantitative estimate of drug-likeness (QED) is 0.358. The first-order valence-electron chi connectivity index (χ1n) is 8.97. The Labute approximate surface area is 173 Å². The number of nitrogens with zero attached hydrogens (tertiary/aromatic N) is 3. The van der Waals surface area contributed by atoms with Crippen LogP contribution < -0.4 is 0 Å². The Balaban J connectivity index is 1.77. The molecule has 0 unspecified atom stereocenters. The first-order valence-corrected chi connectivity index (χ1v) is 10.3. The molecule has 0 bridgehead atoms. The molecular formula is C22H20ClN3OS. The number of furan rings is 1. The zero-order valence-corrected chi connectivity index (χ0v) is 17.5. The molecule has 0 amide bonds. The molecule has 2 aromatic carbocycles. The molecule has 6 heteroatoms. The summed E-state index contributed by atoms with van der Waals surface area (Å²) in [4.78, 5) is 0. The van der Waals surface area contributed by atoms with E-state index in [9.17, 15) is 0 Å². The van der Waals surface area contributed by atoms with Crippen molar-refractivity contribution < 1.29 is 4.42 Å². The molecule has 28 heavy (non-hydrogen) atoms. The van der Waals surface area contributed by atoms with Gasteiger partial charge in [0.1, 0.15) is 0 Å². The van der Waals surface area contributed by atoms with Gasteiger partial charge in [0.05, 0.1) is 12.0 Å². The number of aryl methyl sites for hydroxylation is 3. The van der Waals surface area contributed by atoms with Gasteiger partial charge >= 0.3 is 0 Å². The summed E-state index contributed by atoms with van der Waals surface area (Å²) in [6.45, 7) is 6.30. The third-order valence-corrected chi connectivity index (χ3v) is 5.86. The maximum absolute atomic E-state index is 6.29. The fourth-order valence-corrected chi connectivity index (χ4v) is 4.24. The number of thioether (sulfide) groups is 1. The third-order valence-electron chi connectivity index (χ3n) is 4.65. The molecule has 0 aliphatic rings. The SMILES string of the molecule is Cc1ccc(C)c(CSc2nnc(-c3ccco3)n2-c2cc(Cl)ccc2C)c1. The molecule has 0 radical (unpaired) electrons. The topological polar surface area (TPSA) is 43.9 Å². The van der Waals surface area contributed by atoms with Crippen LogP contribution in [0.15, 0.2) is 64.4 Å². The van der Waals surface area contributed by atoms with Crippen molar-refractivity contribution in [3.05, 3.63) is 82.1 Å². The second-order valence-corrected chi connectivity index (χ2v) is 8.15. The molecule has 4 aromatic rings. The molecule has 2 heterocycles. The van der Waals surface area contributed by atoms with Crippen molar-refractivity contribution in [2.75, 3.05) is 0 Å². The lowest BCUT2D eigenvalue weighted by atomic mass is 10.1. The zero-order valence-electron chi connectivity index (χ0n) is 15.9. The maximum atomic E-state index is 6.29. The van der Waals surface area contributed by atoms with Gasteiger partial charge < -0.3 is 4.42 Å².